The summed E-state index contributed by atoms with van der Waals surface area (Å²) < 4.78 is 0. The predicted octanol–water partition coefficient (Wildman–Crippen LogP) is 1.04. The largest absolute Gasteiger partial charge is 0.506 e. The van der Waals surface area contributed by atoms with Crippen LogP contribution in [0.1, 0.15) is 25.5 Å². The van der Waals surface area contributed by atoms with E-state index in [9.17, 15) is 34.5 Å². The molecule has 9 nitrogen and oxygen atoms in total. The Morgan fingerprint density at radius 1 is 1.30 bits per heavy atom. The number of halogens is 1. The molecular weight excluding hydrogens is 436 g/mol. The number of hydrogen-bond donors (Lipinski definition) is 4. The predicted molar refractivity (Wildman–Crippen MR) is 108 cm³/mol. The van der Waals surface area contributed by atoms with Gasteiger partial charge in [-0.25, -0.2) is 4.79 Å². The zero-order chi connectivity index (χ0) is 22.3. The molecule has 160 valence electrons. The molecule has 0 radical (unpaired) electrons. The van der Waals surface area contributed by atoms with Crippen molar-refractivity contribution in [3.63, 3.8) is 0 Å². The number of carbonyl (C=O) groups excluding carboxylic acids is 3. The summed E-state index contributed by atoms with van der Waals surface area (Å²) >= 11 is 6.95. The van der Waals surface area contributed by atoms with E-state index in [2.05, 4.69) is 5.32 Å². The van der Waals surface area contributed by atoms with Crippen molar-refractivity contribution in [3.8, 4) is 5.75 Å². The van der Waals surface area contributed by atoms with Crippen LogP contribution in [0, 0.1) is 5.92 Å². The number of phenols is 1. The molecule has 30 heavy (non-hydrogen) atoms. The molecule has 0 aliphatic carbocycles. The van der Waals surface area contributed by atoms with Crippen molar-refractivity contribution in [1.82, 2.24) is 10.2 Å². The third-order valence-electron chi connectivity index (χ3n) is 4.83. The van der Waals surface area contributed by atoms with Gasteiger partial charge >= 0.3 is 5.97 Å². The van der Waals surface area contributed by atoms with Gasteiger partial charge in [-0.15, -0.1) is 11.8 Å². The molecule has 2 aliphatic rings. The molecule has 1 aromatic carbocycles. The summed E-state index contributed by atoms with van der Waals surface area (Å²) in [5.41, 5.74) is -0.180. The summed E-state index contributed by atoms with van der Waals surface area (Å²) in [6, 6.07) is 2.71. The van der Waals surface area contributed by atoms with Gasteiger partial charge in [-0.3, -0.25) is 19.3 Å². The minimum atomic E-state index is -1.65. The van der Waals surface area contributed by atoms with Gasteiger partial charge in [-0.05, 0) is 17.7 Å². The molecule has 2 aliphatic heterocycles. The van der Waals surface area contributed by atoms with Gasteiger partial charge < -0.3 is 20.6 Å². The minimum Gasteiger partial charge on any atom is -0.506 e. The molecule has 1 aromatic rings. The average molecular weight is 455 g/mol. The van der Waals surface area contributed by atoms with E-state index in [-0.39, 0.29) is 39.1 Å². The maximum atomic E-state index is 12.6. The number of ketones is 1. The number of phenolic OH excluding ortho intramolecular Hbond substituents is 1. The maximum absolute atomic E-state index is 12.6. The first-order valence-electron chi connectivity index (χ1n) is 8.96. The fraction of sp³-hybridized carbons (Fsp3) is 0.368. The first-order valence-corrected chi connectivity index (χ1v) is 10.4. The van der Waals surface area contributed by atoms with Crippen molar-refractivity contribution in [2.24, 2.45) is 5.92 Å². The third-order valence-corrected chi connectivity index (χ3v) is 6.41. The number of nitrogens with one attached hydrogen (secondary N) is 1. The van der Waals surface area contributed by atoms with Gasteiger partial charge in [0, 0.05) is 17.2 Å². The SMILES string of the molecule is CC(C)C(=O)C1=C(C(=O)O)N2C(=O)C(NC(=O)C(O)c3ccc(O)c(Cl)c3)[C@H]2SC1. The number of amides is 2. The molecule has 0 aromatic heterocycles. The number of aromatic hydroxyl groups is 1. The zero-order valence-corrected chi connectivity index (χ0v) is 17.5. The lowest BCUT2D eigenvalue weighted by molar-refractivity contribution is -0.152. The van der Waals surface area contributed by atoms with Gasteiger partial charge in [0.2, 0.25) is 0 Å². The fourth-order valence-electron chi connectivity index (χ4n) is 3.23. The van der Waals surface area contributed by atoms with E-state index in [4.69, 9.17) is 11.6 Å². The number of fused-ring (bicyclic) bond motifs is 1. The van der Waals surface area contributed by atoms with E-state index in [1.165, 1.54) is 30.0 Å². The lowest BCUT2D eigenvalue weighted by Gasteiger charge is -2.49. The first-order chi connectivity index (χ1) is 14.0. The number of carboxylic acids is 1. The summed E-state index contributed by atoms with van der Waals surface area (Å²) in [6.07, 6.45) is -1.65. The number of Topliss-reactive ketones (excluding diaryl/α,β-unsaturated/α-hetero) is 1. The number of aliphatic hydroxyl groups excluding tert-OH is 1. The highest BCUT2D eigenvalue weighted by Gasteiger charge is 2.55. The topological polar surface area (TPSA) is 144 Å². The third kappa shape index (κ3) is 3.78. The highest BCUT2D eigenvalue weighted by Crippen LogP contribution is 2.41. The summed E-state index contributed by atoms with van der Waals surface area (Å²) in [4.78, 5) is 50.1. The second kappa shape index (κ2) is 8.29. The monoisotopic (exact) mass is 454 g/mol. The molecule has 0 saturated carbocycles. The van der Waals surface area contributed by atoms with Gasteiger partial charge in [0.1, 0.15) is 22.9 Å². The first kappa shape index (κ1) is 22.1. The van der Waals surface area contributed by atoms with Gasteiger partial charge in [0.15, 0.2) is 11.9 Å². The van der Waals surface area contributed by atoms with E-state index in [1.807, 2.05) is 0 Å². The second-order valence-electron chi connectivity index (χ2n) is 7.16. The van der Waals surface area contributed by atoms with Crippen LogP contribution in [0.2, 0.25) is 5.02 Å². The van der Waals surface area contributed by atoms with Crippen LogP contribution in [-0.2, 0) is 19.2 Å². The van der Waals surface area contributed by atoms with Crippen LogP contribution in [-0.4, -0.2) is 61.0 Å². The Labute approximate surface area is 180 Å². The van der Waals surface area contributed by atoms with Crippen molar-refractivity contribution >= 4 is 46.9 Å². The Bertz CT molecular complexity index is 978. The van der Waals surface area contributed by atoms with Crippen molar-refractivity contribution in [2.75, 3.05) is 5.75 Å². The molecule has 4 N–H and O–H groups in total. The van der Waals surface area contributed by atoms with E-state index >= 15 is 0 Å². The summed E-state index contributed by atoms with van der Waals surface area (Å²) in [5, 5.41) is 30.9. The van der Waals surface area contributed by atoms with E-state index < -0.39 is 41.2 Å². The highest BCUT2D eigenvalue weighted by molar-refractivity contribution is 8.00. The summed E-state index contributed by atoms with van der Waals surface area (Å²) in [6.45, 7) is 3.28. The lowest BCUT2D eigenvalue weighted by Crippen LogP contribution is -2.71. The van der Waals surface area contributed by atoms with Gasteiger partial charge in [0.25, 0.3) is 11.8 Å². The number of rotatable bonds is 6. The molecule has 0 spiro atoms. The standard InChI is InChI=1S/C19H19ClN2O7S/c1-7(2)14(24)9-6-30-18-12(17(27)22(18)13(9)19(28)29)21-16(26)15(25)8-3-4-11(23)10(20)5-8/h3-5,7,12,15,18,23,25H,6H2,1-2H3,(H,21,26)(H,28,29)/t12?,15?,18-/m1/s1. The Balaban J connectivity index is 1.78. The van der Waals surface area contributed by atoms with Crippen LogP contribution < -0.4 is 5.32 Å². The van der Waals surface area contributed by atoms with Crippen LogP contribution in [0.15, 0.2) is 29.5 Å². The molecule has 1 saturated heterocycles. The number of β-lactam (4-membered cyclic amide) rings is 1. The minimum absolute atomic E-state index is 0.0494. The highest BCUT2D eigenvalue weighted by atomic mass is 35.5. The number of benzene rings is 1. The van der Waals surface area contributed by atoms with E-state index in [0.717, 1.165) is 4.90 Å². The molecular formula is C19H19ClN2O7S. The van der Waals surface area contributed by atoms with Gasteiger partial charge in [-0.2, -0.15) is 0 Å². The van der Waals surface area contributed by atoms with E-state index in [1.54, 1.807) is 13.8 Å². The Morgan fingerprint density at radius 3 is 2.53 bits per heavy atom. The molecule has 3 rings (SSSR count). The number of aliphatic carboxylic acids is 1. The van der Waals surface area contributed by atoms with Gasteiger partial charge in [-0.1, -0.05) is 31.5 Å². The molecule has 2 amide bonds. The molecule has 2 heterocycles. The van der Waals surface area contributed by atoms with Crippen LogP contribution in [0.25, 0.3) is 0 Å². The number of carboxylic acid groups (broad SMARTS) is 1. The molecule has 3 atom stereocenters. The maximum Gasteiger partial charge on any atom is 0.353 e. The Morgan fingerprint density at radius 2 is 1.97 bits per heavy atom. The van der Waals surface area contributed by atoms with Crippen molar-refractivity contribution in [2.45, 2.75) is 31.4 Å². The number of nitrogens with zero attached hydrogens (tertiary/aromatic N) is 1. The number of hydrogen-bond acceptors (Lipinski definition) is 7. The molecule has 11 heteroatoms. The van der Waals surface area contributed by atoms with Gasteiger partial charge in [0.05, 0.1) is 5.02 Å². The van der Waals surface area contributed by atoms with Crippen LogP contribution in [0.5, 0.6) is 5.75 Å². The zero-order valence-electron chi connectivity index (χ0n) is 16.0. The lowest BCUT2D eigenvalue weighted by atomic mass is 9.96. The van der Waals surface area contributed by atoms with Crippen molar-refractivity contribution in [1.29, 1.82) is 0 Å². The Kier molecular flexibility index (Phi) is 6.11. The normalized spacial score (nSPS) is 21.8. The van der Waals surface area contributed by atoms with Crippen LogP contribution in [0.4, 0.5) is 0 Å². The summed E-state index contributed by atoms with van der Waals surface area (Å²) in [7, 11) is 0. The second-order valence-corrected chi connectivity index (χ2v) is 8.67. The Hall–Kier alpha value is -2.56. The number of carbonyl (C=O) groups is 4. The molecule has 2 unspecified atom stereocenters. The number of aliphatic hydroxyl groups is 1. The quantitative estimate of drug-likeness (QED) is 0.467. The molecule has 0 bridgehead atoms. The van der Waals surface area contributed by atoms with E-state index in [0.29, 0.717) is 0 Å². The fourth-order valence-corrected chi connectivity index (χ4v) is 4.77. The van der Waals surface area contributed by atoms with Crippen molar-refractivity contribution < 1.29 is 34.5 Å². The van der Waals surface area contributed by atoms with Crippen LogP contribution >= 0.6 is 23.4 Å². The van der Waals surface area contributed by atoms with Crippen LogP contribution in [0.3, 0.4) is 0 Å². The van der Waals surface area contributed by atoms with Crippen molar-refractivity contribution in [3.05, 3.63) is 40.1 Å². The average Bonchev–Trinajstić information content (AvgIpc) is 2.71. The smallest absolute Gasteiger partial charge is 0.353 e. The molecule has 1 fully saturated rings. The summed E-state index contributed by atoms with van der Waals surface area (Å²) in [5.74, 6) is -3.83. The number of thioether (sulfide) groups is 1.